The SMILES string of the molecule is Cc1ccc2cc(CN(C[C@@H]3CCCO3)S(=O)(=O)c3ccccc3F)c(=O)[nH]c2c1. The van der Waals surface area contributed by atoms with Gasteiger partial charge in [0.1, 0.15) is 10.7 Å². The first-order valence-corrected chi connectivity index (χ1v) is 11.3. The number of nitrogens with one attached hydrogen (secondary N) is 1. The molecule has 3 aromatic rings. The molecule has 158 valence electrons. The second-order valence-corrected chi connectivity index (χ2v) is 9.48. The van der Waals surface area contributed by atoms with Gasteiger partial charge < -0.3 is 9.72 Å². The van der Waals surface area contributed by atoms with Crippen LogP contribution < -0.4 is 5.56 Å². The number of aryl methyl sites for hydroxylation is 1. The van der Waals surface area contributed by atoms with Gasteiger partial charge >= 0.3 is 0 Å². The molecular formula is C22H23FN2O4S. The van der Waals surface area contributed by atoms with Gasteiger partial charge in [-0.05, 0) is 55.0 Å². The van der Waals surface area contributed by atoms with Crippen molar-refractivity contribution in [2.75, 3.05) is 13.2 Å². The molecule has 1 atom stereocenters. The average molecular weight is 431 g/mol. The van der Waals surface area contributed by atoms with Gasteiger partial charge in [-0.2, -0.15) is 4.31 Å². The van der Waals surface area contributed by atoms with E-state index in [1.54, 1.807) is 6.07 Å². The third kappa shape index (κ3) is 4.16. The predicted octanol–water partition coefficient (Wildman–Crippen LogP) is 3.35. The monoisotopic (exact) mass is 430 g/mol. The molecule has 0 saturated carbocycles. The Morgan fingerprint density at radius 3 is 2.73 bits per heavy atom. The summed E-state index contributed by atoms with van der Waals surface area (Å²) >= 11 is 0. The Bertz CT molecular complexity index is 1230. The van der Waals surface area contributed by atoms with E-state index in [9.17, 15) is 17.6 Å². The first-order valence-electron chi connectivity index (χ1n) is 9.83. The number of nitrogens with zero attached hydrogens (tertiary/aromatic N) is 1. The van der Waals surface area contributed by atoms with Crippen molar-refractivity contribution in [1.29, 1.82) is 0 Å². The van der Waals surface area contributed by atoms with E-state index in [-0.39, 0.29) is 24.8 Å². The van der Waals surface area contributed by atoms with Crippen LogP contribution >= 0.6 is 0 Å². The Kier molecular flexibility index (Phi) is 5.73. The van der Waals surface area contributed by atoms with E-state index in [2.05, 4.69) is 4.98 Å². The Hall–Kier alpha value is -2.55. The zero-order chi connectivity index (χ0) is 21.3. The quantitative estimate of drug-likeness (QED) is 0.651. The van der Waals surface area contributed by atoms with Gasteiger partial charge in [-0.15, -0.1) is 0 Å². The van der Waals surface area contributed by atoms with E-state index in [1.165, 1.54) is 18.2 Å². The van der Waals surface area contributed by atoms with Crippen LogP contribution in [0.15, 0.2) is 58.2 Å². The molecule has 0 spiro atoms. The molecule has 1 aliphatic rings. The van der Waals surface area contributed by atoms with E-state index in [0.29, 0.717) is 17.7 Å². The summed E-state index contributed by atoms with van der Waals surface area (Å²) in [5.41, 5.74) is 1.62. The molecule has 2 aromatic carbocycles. The summed E-state index contributed by atoms with van der Waals surface area (Å²) in [5.74, 6) is -0.822. The number of halogens is 1. The standard InChI is InChI=1S/C22H23FN2O4S/c1-15-8-9-16-12-17(22(26)24-20(16)11-15)13-25(14-18-5-4-10-29-18)30(27,28)21-7-3-2-6-19(21)23/h2-3,6-9,11-12,18H,4-5,10,13-14H2,1H3,(H,24,26)/t18-/m0/s1. The number of sulfonamides is 1. The number of aromatic amines is 1. The van der Waals surface area contributed by atoms with Gasteiger partial charge in [-0.1, -0.05) is 24.3 Å². The number of fused-ring (bicyclic) bond motifs is 1. The smallest absolute Gasteiger partial charge is 0.252 e. The van der Waals surface area contributed by atoms with Gasteiger partial charge in [0.15, 0.2) is 0 Å². The predicted molar refractivity (Wildman–Crippen MR) is 112 cm³/mol. The maximum Gasteiger partial charge on any atom is 0.252 e. The molecule has 8 heteroatoms. The molecule has 1 saturated heterocycles. The summed E-state index contributed by atoms with van der Waals surface area (Å²) in [6.45, 7) is 2.38. The molecule has 0 amide bonds. The van der Waals surface area contributed by atoms with E-state index in [0.717, 1.165) is 34.2 Å². The molecule has 2 heterocycles. The minimum Gasteiger partial charge on any atom is -0.377 e. The number of ether oxygens (including phenoxy) is 1. The van der Waals surface area contributed by atoms with Crippen molar-refractivity contribution in [2.45, 2.75) is 37.3 Å². The van der Waals surface area contributed by atoms with Crippen molar-refractivity contribution < 1.29 is 17.5 Å². The van der Waals surface area contributed by atoms with E-state index in [1.807, 2.05) is 25.1 Å². The van der Waals surface area contributed by atoms with Gasteiger partial charge in [-0.25, -0.2) is 12.8 Å². The van der Waals surface area contributed by atoms with Crippen LogP contribution in [0.2, 0.25) is 0 Å². The number of H-pyrrole nitrogens is 1. The third-order valence-electron chi connectivity index (χ3n) is 5.31. The number of hydrogen-bond donors (Lipinski definition) is 1. The molecule has 30 heavy (non-hydrogen) atoms. The van der Waals surface area contributed by atoms with Crippen LogP contribution in [0.4, 0.5) is 4.39 Å². The molecule has 1 fully saturated rings. The Balaban J connectivity index is 1.74. The first-order chi connectivity index (χ1) is 14.3. The van der Waals surface area contributed by atoms with Crippen LogP contribution in [0.5, 0.6) is 0 Å². The molecular weight excluding hydrogens is 407 g/mol. The fourth-order valence-corrected chi connectivity index (χ4v) is 5.24. The number of hydrogen-bond acceptors (Lipinski definition) is 4. The van der Waals surface area contributed by atoms with E-state index < -0.39 is 20.7 Å². The highest BCUT2D eigenvalue weighted by Gasteiger charge is 2.31. The molecule has 4 rings (SSSR count). The van der Waals surface area contributed by atoms with Crippen LogP contribution in [0.1, 0.15) is 24.0 Å². The van der Waals surface area contributed by atoms with Gasteiger partial charge in [0.05, 0.1) is 6.10 Å². The van der Waals surface area contributed by atoms with Crippen molar-refractivity contribution in [3.8, 4) is 0 Å². The summed E-state index contributed by atoms with van der Waals surface area (Å²) in [5, 5.41) is 0.801. The minimum absolute atomic E-state index is 0.0576. The molecule has 0 aliphatic carbocycles. The number of aromatic nitrogens is 1. The summed E-state index contributed by atoms with van der Waals surface area (Å²) in [4.78, 5) is 15.1. The number of rotatable bonds is 6. The first kappa shape index (κ1) is 20.7. The Morgan fingerprint density at radius 1 is 1.20 bits per heavy atom. The highest BCUT2D eigenvalue weighted by atomic mass is 32.2. The van der Waals surface area contributed by atoms with Crippen LogP contribution in [0.3, 0.4) is 0 Å². The van der Waals surface area contributed by atoms with Gasteiger partial charge in [0, 0.05) is 30.8 Å². The topological polar surface area (TPSA) is 79.5 Å². The zero-order valence-electron chi connectivity index (χ0n) is 16.6. The van der Waals surface area contributed by atoms with Crippen molar-refractivity contribution in [1.82, 2.24) is 9.29 Å². The molecule has 6 nitrogen and oxygen atoms in total. The fraction of sp³-hybridized carbons (Fsp3) is 0.318. The minimum atomic E-state index is -4.17. The highest BCUT2D eigenvalue weighted by molar-refractivity contribution is 7.89. The Labute approximate surface area is 174 Å². The van der Waals surface area contributed by atoms with Gasteiger partial charge in [0.2, 0.25) is 10.0 Å². The average Bonchev–Trinajstić information content (AvgIpc) is 3.21. The maximum atomic E-state index is 14.3. The summed E-state index contributed by atoms with van der Waals surface area (Å²) < 4.78 is 47.6. The zero-order valence-corrected chi connectivity index (χ0v) is 17.4. The highest BCUT2D eigenvalue weighted by Crippen LogP contribution is 2.24. The largest absolute Gasteiger partial charge is 0.377 e. The normalized spacial score (nSPS) is 17.1. The second kappa shape index (κ2) is 8.29. The lowest BCUT2D eigenvalue weighted by molar-refractivity contribution is 0.0924. The van der Waals surface area contributed by atoms with Crippen LogP contribution in [-0.2, 0) is 21.3 Å². The second-order valence-electron chi connectivity index (χ2n) is 7.58. The van der Waals surface area contributed by atoms with Gasteiger partial charge in [0.25, 0.3) is 5.56 Å². The van der Waals surface area contributed by atoms with Gasteiger partial charge in [-0.3, -0.25) is 4.79 Å². The lowest BCUT2D eigenvalue weighted by Crippen LogP contribution is -2.38. The maximum absolute atomic E-state index is 14.3. The van der Waals surface area contributed by atoms with E-state index in [4.69, 9.17) is 4.74 Å². The molecule has 0 bridgehead atoms. The van der Waals surface area contributed by atoms with Crippen molar-refractivity contribution >= 4 is 20.9 Å². The van der Waals surface area contributed by atoms with Crippen LogP contribution in [-0.4, -0.2) is 37.0 Å². The van der Waals surface area contributed by atoms with Crippen molar-refractivity contribution in [3.63, 3.8) is 0 Å². The van der Waals surface area contributed by atoms with Crippen LogP contribution in [0.25, 0.3) is 10.9 Å². The lowest BCUT2D eigenvalue weighted by Gasteiger charge is -2.25. The summed E-state index contributed by atoms with van der Waals surface area (Å²) in [6.07, 6.45) is 1.28. The summed E-state index contributed by atoms with van der Waals surface area (Å²) in [7, 11) is -4.17. The molecule has 0 radical (unpaired) electrons. The Morgan fingerprint density at radius 2 is 2.00 bits per heavy atom. The fourth-order valence-electron chi connectivity index (χ4n) is 3.72. The van der Waals surface area contributed by atoms with Crippen molar-refractivity contribution in [3.05, 3.63) is 75.8 Å². The number of pyridine rings is 1. The van der Waals surface area contributed by atoms with Crippen molar-refractivity contribution in [2.24, 2.45) is 0 Å². The van der Waals surface area contributed by atoms with E-state index >= 15 is 0 Å². The van der Waals surface area contributed by atoms with Crippen LogP contribution in [0, 0.1) is 12.7 Å². The molecule has 1 aliphatic heterocycles. The molecule has 1 N–H and O–H groups in total. The molecule has 0 unspecified atom stereocenters. The lowest BCUT2D eigenvalue weighted by atomic mass is 10.1. The third-order valence-corrected chi connectivity index (χ3v) is 7.16. The molecule has 1 aromatic heterocycles. The summed E-state index contributed by atoms with van der Waals surface area (Å²) in [6, 6.07) is 12.6. The number of benzene rings is 2.